The van der Waals surface area contributed by atoms with E-state index in [0.717, 1.165) is 24.0 Å². The van der Waals surface area contributed by atoms with Crippen molar-refractivity contribution in [3.63, 3.8) is 0 Å². The molecule has 0 saturated carbocycles. The van der Waals surface area contributed by atoms with Crippen molar-refractivity contribution < 1.29 is 14.1 Å². The van der Waals surface area contributed by atoms with E-state index in [0.29, 0.717) is 12.2 Å². The lowest BCUT2D eigenvalue weighted by molar-refractivity contribution is 0.0525. The van der Waals surface area contributed by atoms with Crippen molar-refractivity contribution in [3.05, 3.63) is 34.9 Å². The van der Waals surface area contributed by atoms with Gasteiger partial charge in [-0.3, -0.25) is 0 Å². The number of carbonyl (C=O) groups excluding carboxylic acids is 1. The smallest absolute Gasteiger partial charge is 0.338 e. The third-order valence-corrected chi connectivity index (χ3v) is 5.18. The molecule has 0 heterocycles. The molecular formula is C16H23NO3S. The van der Waals surface area contributed by atoms with E-state index in [9.17, 15) is 9.35 Å². The maximum atomic E-state index is 12.3. The van der Waals surface area contributed by atoms with Gasteiger partial charge in [0.2, 0.25) is 0 Å². The van der Waals surface area contributed by atoms with Crippen LogP contribution in [0.3, 0.4) is 0 Å². The van der Waals surface area contributed by atoms with Crippen molar-refractivity contribution in [1.29, 1.82) is 0 Å². The molecule has 0 amide bonds. The van der Waals surface area contributed by atoms with Crippen LogP contribution in [0.5, 0.6) is 0 Å². The Labute approximate surface area is 129 Å². The Balaban J connectivity index is 2.21. The van der Waals surface area contributed by atoms with E-state index in [1.165, 1.54) is 0 Å². The SMILES string of the molecule is CCOC(=O)c1cccc2c1CC[C@@H]2N[S@@+]([O-])C(C)(C)C. The second-order valence-corrected chi connectivity index (χ2v) is 8.18. The fraction of sp³-hybridized carbons (Fsp3) is 0.562. The Bertz CT molecular complexity index is 525. The number of hydrogen-bond donors (Lipinski definition) is 1. The maximum Gasteiger partial charge on any atom is 0.338 e. The number of carbonyl (C=O) groups is 1. The summed E-state index contributed by atoms with van der Waals surface area (Å²) in [5.41, 5.74) is 2.73. The lowest BCUT2D eigenvalue weighted by atomic mass is 10.0. The van der Waals surface area contributed by atoms with Gasteiger partial charge < -0.3 is 9.29 Å². The molecular weight excluding hydrogens is 286 g/mol. The van der Waals surface area contributed by atoms with Gasteiger partial charge in [-0.15, -0.1) is 4.72 Å². The minimum absolute atomic E-state index is 0.0365. The third-order valence-electron chi connectivity index (χ3n) is 3.57. The van der Waals surface area contributed by atoms with Gasteiger partial charge in [0.15, 0.2) is 0 Å². The highest BCUT2D eigenvalue weighted by Gasteiger charge is 2.34. The molecule has 1 N–H and O–H groups in total. The van der Waals surface area contributed by atoms with Crippen molar-refractivity contribution in [2.45, 2.75) is 51.3 Å². The topological polar surface area (TPSA) is 61.4 Å². The second-order valence-electron chi connectivity index (χ2n) is 6.18. The number of esters is 1. The Hall–Kier alpha value is -1.04. The van der Waals surface area contributed by atoms with Gasteiger partial charge in [0.05, 0.1) is 18.2 Å². The van der Waals surface area contributed by atoms with Gasteiger partial charge in [-0.05, 0) is 57.7 Å². The van der Waals surface area contributed by atoms with E-state index in [1.54, 1.807) is 13.0 Å². The second kappa shape index (κ2) is 6.38. The van der Waals surface area contributed by atoms with Crippen molar-refractivity contribution in [2.75, 3.05) is 6.61 Å². The lowest BCUT2D eigenvalue weighted by Gasteiger charge is -2.26. The highest BCUT2D eigenvalue weighted by molar-refractivity contribution is 7.90. The molecule has 0 spiro atoms. The molecule has 0 aliphatic heterocycles. The molecule has 116 valence electrons. The molecule has 1 aromatic carbocycles. The Morgan fingerprint density at radius 3 is 2.81 bits per heavy atom. The molecule has 0 fully saturated rings. The van der Waals surface area contributed by atoms with Crippen LogP contribution in [-0.4, -0.2) is 21.9 Å². The number of fused-ring (bicyclic) bond motifs is 1. The van der Waals surface area contributed by atoms with Gasteiger partial charge in [-0.1, -0.05) is 12.1 Å². The van der Waals surface area contributed by atoms with Crippen molar-refractivity contribution in [2.24, 2.45) is 0 Å². The molecule has 1 aliphatic rings. The van der Waals surface area contributed by atoms with Crippen LogP contribution in [0.15, 0.2) is 18.2 Å². The molecule has 4 nitrogen and oxygen atoms in total. The zero-order valence-electron chi connectivity index (χ0n) is 13.1. The highest BCUT2D eigenvalue weighted by atomic mass is 32.2. The zero-order chi connectivity index (χ0) is 15.6. The standard InChI is InChI=1S/C16H23NO3S/c1-5-20-15(18)13-8-6-7-12-11(13)9-10-14(12)17-21(19)16(2,3)4/h6-8,14,17H,5,9-10H2,1-4H3/t14-,21-/m0/s1. The Kier molecular flexibility index (Phi) is 4.96. The molecule has 2 rings (SSSR count). The fourth-order valence-electron chi connectivity index (χ4n) is 2.48. The van der Waals surface area contributed by atoms with Crippen LogP contribution < -0.4 is 4.72 Å². The summed E-state index contributed by atoms with van der Waals surface area (Å²) in [6, 6.07) is 5.71. The van der Waals surface area contributed by atoms with Gasteiger partial charge in [-0.2, -0.15) is 0 Å². The number of rotatable bonds is 4. The first-order valence-electron chi connectivity index (χ1n) is 7.31. The van der Waals surface area contributed by atoms with Gasteiger partial charge >= 0.3 is 5.97 Å². The molecule has 0 aromatic heterocycles. The minimum Gasteiger partial charge on any atom is -0.598 e. The van der Waals surface area contributed by atoms with Crippen LogP contribution in [0, 0.1) is 0 Å². The molecule has 0 saturated heterocycles. The van der Waals surface area contributed by atoms with Gasteiger partial charge in [0.1, 0.15) is 4.75 Å². The molecule has 21 heavy (non-hydrogen) atoms. The predicted molar refractivity (Wildman–Crippen MR) is 84.5 cm³/mol. The first-order chi connectivity index (χ1) is 9.84. The van der Waals surface area contributed by atoms with Crippen LogP contribution in [-0.2, 0) is 22.5 Å². The summed E-state index contributed by atoms with van der Waals surface area (Å²) in [6.07, 6.45) is 1.66. The average Bonchev–Trinajstić information content (AvgIpc) is 2.81. The maximum absolute atomic E-state index is 12.3. The molecule has 5 heteroatoms. The summed E-state index contributed by atoms with van der Waals surface area (Å²) in [5, 5.41) is 0. The highest BCUT2D eigenvalue weighted by Crippen LogP contribution is 2.35. The van der Waals surface area contributed by atoms with Crippen LogP contribution in [0.2, 0.25) is 0 Å². The quantitative estimate of drug-likeness (QED) is 0.686. The Morgan fingerprint density at radius 2 is 2.19 bits per heavy atom. The van der Waals surface area contributed by atoms with Crippen molar-refractivity contribution in [3.8, 4) is 0 Å². The van der Waals surface area contributed by atoms with Crippen LogP contribution in [0.1, 0.15) is 61.6 Å². The van der Waals surface area contributed by atoms with Crippen molar-refractivity contribution >= 4 is 17.3 Å². The summed E-state index contributed by atoms with van der Waals surface area (Å²) < 4.78 is 20.3. The summed E-state index contributed by atoms with van der Waals surface area (Å²) in [7, 11) is 0. The summed E-state index contributed by atoms with van der Waals surface area (Å²) in [4.78, 5) is 12.0. The normalized spacial score (nSPS) is 19.2. The third kappa shape index (κ3) is 3.59. The van der Waals surface area contributed by atoms with E-state index in [-0.39, 0.29) is 16.8 Å². The molecule has 2 atom stereocenters. The van der Waals surface area contributed by atoms with Crippen LogP contribution in [0.25, 0.3) is 0 Å². The lowest BCUT2D eigenvalue weighted by Crippen LogP contribution is -2.40. The molecule has 0 bridgehead atoms. The Morgan fingerprint density at radius 1 is 1.48 bits per heavy atom. The van der Waals surface area contributed by atoms with E-state index in [1.807, 2.05) is 32.9 Å². The summed E-state index contributed by atoms with van der Waals surface area (Å²) in [5.74, 6) is -0.271. The van der Waals surface area contributed by atoms with Crippen LogP contribution >= 0.6 is 0 Å². The molecule has 0 radical (unpaired) electrons. The van der Waals surface area contributed by atoms with E-state index < -0.39 is 11.4 Å². The molecule has 0 unspecified atom stereocenters. The minimum atomic E-state index is -1.12. The van der Waals surface area contributed by atoms with Crippen LogP contribution in [0.4, 0.5) is 0 Å². The summed E-state index contributed by atoms with van der Waals surface area (Å²) in [6.45, 7) is 8.01. The van der Waals surface area contributed by atoms with Gasteiger partial charge in [-0.25, -0.2) is 4.79 Å². The first-order valence-corrected chi connectivity index (χ1v) is 8.46. The number of benzene rings is 1. The van der Waals surface area contributed by atoms with E-state index in [2.05, 4.69) is 4.72 Å². The largest absolute Gasteiger partial charge is 0.598 e. The molecule has 1 aliphatic carbocycles. The van der Waals surface area contributed by atoms with Gasteiger partial charge in [0.25, 0.3) is 0 Å². The summed E-state index contributed by atoms with van der Waals surface area (Å²) >= 11 is -1.12. The number of ether oxygens (including phenoxy) is 1. The fourth-order valence-corrected chi connectivity index (χ4v) is 3.34. The number of nitrogens with one attached hydrogen (secondary N) is 1. The predicted octanol–water partition coefficient (Wildman–Crippen LogP) is 2.90. The van der Waals surface area contributed by atoms with E-state index >= 15 is 0 Å². The van der Waals surface area contributed by atoms with E-state index in [4.69, 9.17) is 4.74 Å². The molecule has 1 aromatic rings. The average molecular weight is 309 g/mol. The van der Waals surface area contributed by atoms with Crippen molar-refractivity contribution in [1.82, 2.24) is 4.72 Å². The first kappa shape index (κ1) is 16.3. The number of hydrogen-bond acceptors (Lipinski definition) is 4. The zero-order valence-corrected chi connectivity index (χ0v) is 13.9. The monoisotopic (exact) mass is 309 g/mol. The van der Waals surface area contributed by atoms with Gasteiger partial charge in [0, 0.05) is 11.4 Å².